The Balaban J connectivity index is 1.57. The van der Waals surface area contributed by atoms with Crippen LogP contribution in [0.3, 0.4) is 0 Å². The first-order valence-corrected chi connectivity index (χ1v) is 8.14. The summed E-state index contributed by atoms with van der Waals surface area (Å²) in [6.45, 7) is 4.81. The van der Waals surface area contributed by atoms with E-state index in [9.17, 15) is 4.79 Å². The number of nitrogens with one attached hydrogen (secondary N) is 1. The molecule has 2 amide bonds. The van der Waals surface area contributed by atoms with Crippen LogP contribution in [0.2, 0.25) is 0 Å². The van der Waals surface area contributed by atoms with Crippen molar-refractivity contribution in [1.82, 2.24) is 15.0 Å². The van der Waals surface area contributed by atoms with Crippen molar-refractivity contribution < 1.29 is 14.1 Å². The summed E-state index contributed by atoms with van der Waals surface area (Å²) in [5.74, 6) is 1.12. The lowest BCUT2D eigenvalue weighted by atomic mass is 10.2. The maximum absolute atomic E-state index is 12.5. The van der Waals surface area contributed by atoms with Crippen molar-refractivity contribution >= 4 is 11.7 Å². The summed E-state index contributed by atoms with van der Waals surface area (Å²) >= 11 is 0. The summed E-state index contributed by atoms with van der Waals surface area (Å²) in [6.07, 6.45) is 2.72. The van der Waals surface area contributed by atoms with Gasteiger partial charge in [0.25, 0.3) is 0 Å². The van der Waals surface area contributed by atoms with E-state index in [0.29, 0.717) is 48.1 Å². The standard InChI is InChI=1S/C17H19N5O3/c1-3-14-16(11(2)21-25-14)20-17(23)22-7-6-13(10-22)24-15-5-4-12(8-18)9-19-15/h4-5,9,13H,3,6-7,10H2,1-2H3,(H,20,23)/t13-/m1/s1. The van der Waals surface area contributed by atoms with Crippen molar-refractivity contribution in [1.29, 1.82) is 5.26 Å². The molecule has 1 N–H and O–H groups in total. The van der Waals surface area contributed by atoms with E-state index in [2.05, 4.69) is 15.5 Å². The molecular formula is C17H19N5O3. The number of hydrogen-bond donors (Lipinski definition) is 1. The van der Waals surface area contributed by atoms with Crippen LogP contribution in [0.5, 0.6) is 5.88 Å². The Morgan fingerprint density at radius 2 is 2.40 bits per heavy atom. The van der Waals surface area contributed by atoms with Gasteiger partial charge in [-0.05, 0) is 13.0 Å². The van der Waals surface area contributed by atoms with Gasteiger partial charge in [-0.2, -0.15) is 5.26 Å². The first-order chi connectivity index (χ1) is 12.1. The van der Waals surface area contributed by atoms with E-state index in [4.69, 9.17) is 14.5 Å². The molecule has 3 rings (SSSR count). The molecule has 0 radical (unpaired) electrons. The molecule has 25 heavy (non-hydrogen) atoms. The highest BCUT2D eigenvalue weighted by molar-refractivity contribution is 5.90. The second-order valence-corrected chi connectivity index (χ2v) is 5.82. The summed E-state index contributed by atoms with van der Waals surface area (Å²) in [5, 5.41) is 15.5. The predicted molar refractivity (Wildman–Crippen MR) is 89.2 cm³/mol. The Kier molecular flexibility index (Phi) is 4.84. The second-order valence-electron chi connectivity index (χ2n) is 5.82. The van der Waals surface area contributed by atoms with Crippen LogP contribution in [-0.2, 0) is 6.42 Å². The van der Waals surface area contributed by atoms with Crippen molar-refractivity contribution in [3.63, 3.8) is 0 Å². The molecule has 3 heterocycles. The van der Waals surface area contributed by atoms with Crippen LogP contribution in [0.4, 0.5) is 10.5 Å². The average molecular weight is 341 g/mol. The van der Waals surface area contributed by atoms with Gasteiger partial charge in [0.05, 0.1) is 12.1 Å². The Bertz CT molecular complexity index is 794. The molecule has 0 unspecified atom stereocenters. The molecule has 0 bridgehead atoms. The number of carbonyl (C=O) groups is 1. The lowest BCUT2D eigenvalue weighted by Gasteiger charge is -2.17. The molecule has 1 aliphatic heterocycles. The maximum Gasteiger partial charge on any atom is 0.322 e. The van der Waals surface area contributed by atoms with Gasteiger partial charge in [0, 0.05) is 31.6 Å². The number of ether oxygens (including phenoxy) is 1. The minimum atomic E-state index is -0.195. The number of urea groups is 1. The van der Waals surface area contributed by atoms with Crippen molar-refractivity contribution in [3.8, 4) is 11.9 Å². The summed E-state index contributed by atoms with van der Waals surface area (Å²) < 4.78 is 11.0. The molecule has 130 valence electrons. The zero-order valence-corrected chi connectivity index (χ0v) is 14.2. The lowest BCUT2D eigenvalue weighted by Crippen LogP contribution is -2.34. The van der Waals surface area contributed by atoms with E-state index in [1.54, 1.807) is 24.0 Å². The van der Waals surface area contributed by atoms with Crippen LogP contribution >= 0.6 is 0 Å². The molecule has 0 aliphatic carbocycles. The van der Waals surface area contributed by atoms with Gasteiger partial charge in [0.2, 0.25) is 5.88 Å². The van der Waals surface area contributed by atoms with E-state index in [1.165, 1.54) is 6.20 Å². The highest BCUT2D eigenvalue weighted by Gasteiger charge is 2.29. The number of pyridine rings is 1. The fourth-order valence-corrected chi connectivity index (χ4v) is 2.70. The molecule has 0 saturated carbocycles. The normalized spacial score (nSPS) is 16.5. The fourth-order valence-electron chi connectivity index (χ4n) is 2.70. The fraction of sp³-hybridized carbons (Fsp3) is 0.412. The summed E-state index contributed by atoms with van der Waals surface area (Å²) in [5.41, 5.74) is 1.79. The number of anilines is 1. The number of aromatic nitrogens is 2. The van der Waals surface area contributed by atoms with E-state index in [0.717, 1.165) is 6.42 Å². The van der Waals surface area contributed by atoms with Crippen LogP contribution in [-0.4, -0.2) is 40.3 Å². The van der Waals surface area contributed by atoms with Crippen molar-refractivity contribution in [2.45, 2.75) is 32.8 Å². The molecule has 2 aromatic rings. The maximum atomic E-state index is 12.5. The highest BCUT2D eigenvalue weighted by atomic mass is 16.5. The molecule has 0 aromatic carbocycles. The van der Waals surface area contributed by atoms with Crippen molar-refractivity contribution in [2.24, 2.45) is 0 Å². The summed E-state index contributed by atoms with van der Waals surface area (Å²) in [4.78, 5) is 18.2. The van der Waals surface area contributed by atoms with Gasteiger partial charge in [-0.1, -0.05) is 12.1 Å². The smallest absolute Gasteiger partial charge is 0.322 e. The Hall–Kier alpha value is -3.08. The van der Waals surface area contributed by atoms with E-state index < -0.39 is 0 Å². The number of rotatable bonds is 4. The van der Waals surface area contributed by atoms with Gasteiger partial charge in [-0.3, -0.25) is 0 Å². The molecule has 1 aliphatic rings. The number of aryl methyl sites for hydroxylation is 2. The Morgan fingerprint density at radius 3 is 3.08 bits per heavy atom. The quantitative estimate of drug-likeness (QED) is 0.916. The third-order valence-corrected chi connectivity index (χ3v) is 4.07. The van der Waals surface area contributed by atoms with E-state index in [1.807, 2.05) is 13.0 Å². The van der Waals surface area contributed by atoms with E-state index >= 15 is 0 Å². The lowest BCUT2D eigenvalue weighted by molar-refractivity contribution is 0.190. The van der Waals surface area contributed by atoms with Gasteiger partial charge in [0.1, 0.15) is 23.6 Å². The van der Waals surface area contributed by atoms with Crippen LogP contribution < -0.4 is 10.1 Å². The second kappa shape index (κ2) is 7.21. The van der Waals surface area contributed by atoms with Gasteiger partial charge in [0.15, 0.2) is 5.76 Å². The SMILES string of the molecule is CCc1onc(C)c1NC(=O)N1CC[C@@H](Oc2ccc(C#N)cn2)C1. The molecule has 1 fully saturated rings. The zero-order valence-electron chi connectivity index (χ0n) is 14.2. The van der Waals surface area contributed by atoms with Crippen molar-refractivity contribution in [3.05, 3.63) is 35.3 Å². The average Bonchev–Trinajstić information content (AvgIpc) is 3.23. The number of amides is 2. The third kappa shape index (κ3) is 3.71. The number of hydrogen-bond acceptors (Lipinski definition) is 6. The number of likely N-dealkylation sites (tertiary alicyclic amines) is 1. The van der Waals surface area contributed by atoms with Crippen LogP contribution in [0, 0.1) is 18.3 Å². The molecule has 1 saturated heterocycles. The first-order valence-electron chi connectivity index (χ1n) is 8.14. The number of nitrogens with zero attached hydrogens (tertiary/aromatic N) is 4. The topological polar surface area (TPSA) is 104 Å². The molecule has 2 aromatic heterocycles. The highest BCUT2D eigenvalue weighted by Crippen LogP contribution is 2.22. The van der Waals surface area contributed by atoms with Crippen LogP contribution in [0.25, 0.3) is 0 Å². The predicted octanol–water partition coefficient (Wildman–Crippen LogP) is 2.50. The van der Waals surface area contributed by atoms with Crippen LogP contribution in [0.1, 0.15) is 30.4 Å². The monoisotopic (exact) mass is 341 g/mol. The minimum absolute atomic E-state index is 0.125. The minimum Gasteiger partial charge on any atom is -0.472 e. The van der Waals surface area contributed by atoms with Gasteiger partial charge >= 0.3 is 6.03 Å². The van der Waals surface area contributed by atoms with Crippen LogP contribution in [0.15, 0.2) is 22.9 Å². The number of nitriles is 1. The van der Waals surface area contributed by atoms with Gasteiger partial charge in [-0.15, -0.1) is 0 Å². The Morgan fingerprint density at radius 1 is 1.56 bits per heavy atom. The molecule has 8 heteroatoms. The summed E-state index contributed by atoms with van der Waals surface area (Å²) in [7, 11) is 0. The van der Waals surface area contributed by atoms with E-state index in [-0.39, 0.29) is 12.1 Å². The van der Waals surface area contributed by atoms with Crippen molar-refractivity contribution in [2.75, 3.05) is 18.4 Å². The first kappa shape index (κ1) is 16.8. The molecule has 1 atom stereocenters. The zero-order chi connectivity index (χ0) is 17.8. The largest absolute Gasteiger partial charge is 0.472 e. The molecule has 8 nitrogen and oxygen atoms in total. The van der Waals surface area contributed by atoms with Gasteiger partial charge < -0.3 is 19.5 Å². The number of carbonyl (C=O) groups excluding carboxylic acids is 1. The van der Waals surface area contributed by atoms with Gasteiger partial charge in [-0.25, -0.2) is 9.78 Å². The molecular weight excluding hydrogens is 322 g/mol. The Labute approximate surface area is 145 Å². The molecule has 0 spiro atoms. The summed E-state index contributed by atoms with van der Waals surface area (Å²) in [6, 6.07) is 5.14. The third-order valence-electron chi connectivity index (χ3n) is 4.07.